The van der Waals surface area contributed by atoms with Gasteiger partial charge in [-0.05, 0) is 30.7 Å². The minimum Gasteiger partial charge on any atom is -0.744 e. The van der Waals surface area contributed by atoms with Crippen LogP contribution in [0.15, 0.2) is 23.1 Å². The molecule has 12 heteroatoms. The van der Waals surface area contributed by atoms with Crippen molar-refractivity contribution < 1.29 is 85.1 Å². The minimum absolute atomic E-state index is 0. The molecule has 0 atom stereocenters. The van der Waals surface area contributed by atoms with E-state index >= 15 is 0 Å². The van der Waals surface area contributed by atoms with Gasteiger partial charge in [-0.3, -0.25) is 0 Å². The Labute approximate surface area is 155 Å². The quantitative estimate of drug-likeness (QED) is 0.318. The number of hydrazine groups is 1. The molecule has 0 spiro atoms. The SMILES string of the molecule is Cc1cc(NNS(=O)(=O)[O-])ccc1S(=O)(=O)[O-].[Na+].[Na+]. The second-order valence-corrected chi connectivity index (χ2v) is 5.58. The van der Waals surface area contributed by atoms with E-state index in [1.54, 1.807) is 0 Å². The summed E-state index contributed by atoms with van der Waals surface area (Å²) in [5.74, 6) is 0. The maximum Gasteiger partial charge on any atom is 1.00 e. The zero-order valence-corrected chi connectivity index (χ0v) is 16.1. The molecule has 0 saturated heterocycles. The summed E-state index contributed by atoms with van der Waals surface area (Å²) >= 11 is 0. The van der Waals surface area contributed by atoms with Crippen molar-refractivity contribution >= 4 is 26.1 Å². The van der Waals surface area contributed by atoms with Crippen LogP contribution in [0.3, 0.4) is 0 Å². The molecule has 0 aliphatic carbocycles. The van der Waals surface area contributed by atoms with Gasteiger partial charge < -0.3 is 14.5 Å². The molecule has 0 radical (unpaired) electrons. The first-order valence-corrected chi connectivity index (χ1v) is 6.96. The molecule has 8 nitrogen and oxygen atoms in total. The molecule has 0 amide bonds. The second-order valence-electron chi connectivity index (χ2n) is 3.12. The summed E-state index contributed by atoms with van der Waals surface area (Å²) in [6, 6.07) is 3.37. The van der Waals surface area contributed by atoms with Gasteiger partial charge in [0.15, 0.2) is 10.3 Å². The molecule has 0 unspecified atom stereocenters. The Morgan fingerprint density at radius 3 is 1.95 bits per heavy atom. The van der Waals surface area contributed by atoms with E-state index in [1.807, 2.05) is 0 Å². The van der Waals surface area contributed by atoms with Crippen LogP contribution in [-0.4, -0.2) is 25.9 Å². The molecule has 96 valence electrons. The first-order chi connectivity index (χ1) is 7.59. The molecule has 0 aliphatic rings. The van der Waals surface area contributed by atoms with Crippen molar-refractivity contribution in [3.8, 4) is 0 Å². The van der Waals surface area contributed by atoms with Crippen molar-refractivity contribution in [3.05, 3.63) is 23.8 Å². The predicted molar refractivity (Wildman–Crippen MR) is 55.6 cm³/mol. The van der Waals surface area contributed by atoms with Crippen LogP contribution in [0.4, 0.5) is 5.69 Å². The summed E-state index contributed by atoms with van der Waals surface area (Å²) in [7, 11) is -9.24. The number of benzene rings is 1. The smallest absolute Gasteiger partial charge is 0.744 e. The molecule has 0 fully saturated rings. The topological polar surface area (TPSA) is 138 Å². The fourth-order valence-electron chi connectivity index (χ4n) is 1.13. The molecular formula is C7H8N2Na2O6S2. The third-order valence-electron chi connectivity index (χ3n) is 1.76. The minimum atomic E-state index is -4.66. The van der Waals surface area contributed by atoms with Gasteiger partial charge >= 0.3 is 59.1 Å². The summed E-state index contributed by atoms with van der Waals surface area (Å²) in [5.41, 5.74) is 2.32. The van der Waals surface area contributed by atoms with Crippen LogP contribution in [0.25, 0.3) is 0 Å². The van der Waals surface area contributed by atoms with Gasteiger partial charge in [0.05, 0.1) is 10.6 Å². The molecular weight excluding hydrogens is 318 g/mol. The Morgan fingerprint density at radius 1 is 1.05 bits per heavy atom. The van der Waals surface area contributed by atoms with Crippen LogP contribution >= 0.6 is 0 Å². The molecule has 1 rings (SSSR count). The van der Waals surface area contributed by atoms with Gasteiger partial charge in [-0.1, -0.05) is 0 Å². The van der Waals surface area contributed by atoms with E-state index in [4.69, 9.17) is 0 Å². The summed E-state index contributed by atoms with van der Waals surface area (Å²) in [4.78, 5) is 1.05. The first-order valence-electron chi connectivity index (χ1n) is 4.15. The van der Waals surface area contributed by atoms with E-state index in [1.165, 1.54) is 17.8 Å². The van der Waals surface area contributed by atoms with Crippen LogP contribution in [-0.2, 0) is 20.4 Å². The predicted octanol–water partition coefficient (Wildman–Crippen LogP) is -6.72. The molecule has 0 saturated carbocycles. The third-order valence-corrected chi connectivity index (χ3v) is 3.11. The number of rotatable bonds is 4. The van der Waals surface area contributed by atoms with Crippen molar-refractivity contribution in [1.29, 1.82) is 0 Å². The van der Waals surface area contributed by atoms with E-state index < -0.39 is 25.3 Å². The fraction of sp³-hybridized carbons (Fsp3) is 0.143. The van der Waals surface area contributed by atoms with E-state index in [9.17, 15) is 25.9 Å². The monoisotopic (exact) mass is 326 g/mol. The zero-order valence-electron chi connectivity index (χ0n) is 10.5. The van der Waals surface area contributed by atoms with Gasteiger partial charge in [0, 0.05) is 0 Å². The first kappa shape index (κ1) is 22.1. The van der Waals surface area contributed by atoms with Crippen molar-refractivity contribution in [1.82, 2.24) is 4.83 Å². The normalized spacial score (nSPS) is 11.1. The van der Waals surface area contributed by atoms with Crippen LogP contribution in [0.2, 0.25) is 0 Å². The van der Waals surface area contributed by atoms with E-state index in [0.29, 0.717) is 0 Å². The van der Waals surface area contributed by atoms with Gasteiger partial charge in [0.25, 0.3) is 0 Å². The second kappa shape index (κ2) is 8.29. The van der Waals surface area contributed by atoms with Gasteiger partial charge in [-0.25, -0.2) is 16.8 Å². The molecule has 0 aliphatic heterocycles. The van der Waals surface area contributed by atoms with Crippen LogP contribution in [0, 0.1) is 6.92 Å². The van der Waals surface area contributed by atoms with Crippen molar-refractivity contribution in [2.24, 2.45) is 0 Å². The Balaban J connectivity index is 0. The van der Waals surface area contributed by atoms with Crippen molar-refractivity contribution in [2.75, 3.05) is 5.43 Å². The van der Waals surface area contributed by atoms with Crippen molar-refractivity contribution in [3.63, 3.8) is 0 Å². The molecule has 1 aromatic carbocycles. The van der Waals surface area contributed by atoms with Gasteiger partial charge in [-0.15, -0.1) is 4.83 Å². The molecule has 1 aromatic rings. The molecule has 0 bridgehead atoms. The summed E-state index contributed by atoms with van der Waals surface area (Å²) in [5, 5.41) is 0. The van der Waals surface area contributed by atoms with E-state index in [2.05, 4.69) is 5.43 Å². The summed E-state index contributed by atoms with van der Waals surface area (Å²) in [6.07, 6.45) is 0. The van der Waals surface area contributed by atoms with Gasteiger partial charge in [0.1, 0.15) is 10.1 Å². The average Bonchev–Trinajstić information content (AvgIpc) is 2.11. The Kier molecular flexibility index (Phi) is 9.64. The summed E-state index contributed by atoms with van der Waals surface area (Å²) < 4.78 is 63.0. The number of nitrogens with one attached hydrogen (secondary N) is 2. The molecule has 2 N–H and O–H groups in total. The number of hydrogen-bond donors (Lipinski definition) is 2. The summed E-state index contributed by atoms with van der Waals surface area (Å²) in [6.45, 7) is 1.36. The van der Waals surface area contributed by atoms with E-state index in [0.717, 1.165) is 12.1 Å². The standard InChI is InChI=1S/C7H10N2O6S2.2Na/c1-5-4-6(8-9-17(13,14)15)2-3-7(5)16(10,11)12;;/h2-4,8-9H,1H3,(H,10,11,12)(H,13,14,15);;/q;2*+1/p-2. The number of anilines is 1. The fourth-order valence-corrected chi connectivity index (χ4v) is 2.06. The third kappa shape index (κ3) is 7.97. The van der Waals surface area contributed by atoms with E-state index in [-0.39, 0.29) is 70.4 Å². The van der Waals surface area contributed by atoms with Crippen LogP contribution in [0.5, 0.6) is 0 Å². The Morgan fingerprint density at radius 2 is 1.58 bits per heavy atom. The Bertz CT molecular complexity index is 631. The van der Waals surface area contributed by atoms with Crippen molar-refractivity contribution in [2.45, 2.75) is 11.8 Å². The van der Waals surface area contributed by atoms with Gasteiger partial charge in [0.2, 0.25) is 0 Å². The maximum atomic E-state index is 10.7. The van der Waals surface area contributed by atoms with Crippen LogP contribution < -0.4 is 69.4 Å². The zero-order chi connectivity index (χ0) is 13.3. The number of aryl methyl sites for hydroxylation is 1. The maximum absolute atomic E-state index is 10.7. The molecule has 19 heavy (non-hydrogen) atoms. The van der Waals surface area contributed by atoms with Crippen LogP contribution in [0.1, 0.15) is 5.56 Å². The average molecular weight is 326 g/mol. The molecule has 0 heterocycles. The van der Waals surface area contributed by atoms with Gasteiger partial charge in [-0.2, -0.15) is 0 Å². The Hall–Kier alpha value is 0.800. The largest absolute Gasteiger partial charge is 1.00 e. The number of hydrogen-bond acceptors (Lipinski definition) is 7. The molecule has 0 aromatic heterocycles.